The fourth-order valence-corrected chi connectivity index (χ4v) is 4.28. The summed E-state index contributed by atoms with van der Waals surface area (Å²) in [6.07, 6.45) is 4.61. The molecule has 4 heterocycles. The van der Waals surface area contributed by atoms with Gasteiger partial charge in [0.25, 0.3) is 5.88 Å². The molecule has 5 rings (SSSR count). The molecule has 0 bridgehead atoms. The van der Waals surface area contributed by atoms with Crippen molar-refractivity contribution in [1.82, 2.24) is 34.3 Å². The van der Waals surface area contributed by atoms with Crippen LogP contribution in [0.25, 0.3) is 18.0 Å². The molecule has 1 unspecified atom stereocenters. The Morgan fingerprint density at radius 2 is 1.97 bits per heavy atom. The molecule has 1 atom stereocenters. The summed E-state index contributed by atoms with van der Waals surface area (Å²) in [4.78, 5) is 17.5. The molecule has 3 aromatic heterocycles. The van der Waals surface area contributed by atoms with Gasteiger partial charge in [-0.25, -0.2) is 29.0 Å². The van der Waals surface area contributed by atoms with Crippen molar-refractivity contribution in [1.29, 1.82) is 0 Å². The van der Waals surface area contributed by atoms with Crippen LogP contribution in [0.3, 0.4) is 0 Å². The highest BCUT2D eigenvalue weighted by Gasteiger charge is 2.38. The van der Waals surface area contributed by atoms with Gasteiger partial charge in [-0.05, 0) is 49.6 Å². The van der Waals surface area contributed by atoms with Crippen molar-refractivity contribution in [2.24, 2.45) is 0 Å². The molecule has 186 valence electrons. The van der Waals surface area contributed by atoms with Crippen molar-refractivity contribution in [3.63, 3.8) is 0 Å². The lowest BCUT2D eigenvalue weighted by Gasteiger charge is -2.25. The number of alkyl halides is 3. The van der Waals surface area contributed by atoms with Crippen molar-refractivity contribution in [2.45, 2.75) is 38.4 Å². The fraction of sp³-hybridized carbons (Fsp3) is 0.292. The van der Waals surface area contributed by atoms with Gasteiger partial charge in [0.05, 0.1) is 30.3 Å². The maximum atomic E-state index is 13.6. The smallest absolute Gasteiger partial charge is 0.416 e. The number of rotatable bonds is 5. The standard InChI is InChI=1S/C24H21F4N7O/c1-14-12-34(13-30-14)22-23(36-2)31-16(11-29-22)6-8-20-32-21-18(4-3-9-35(21)33-20)17-7-5-15(25)10-19(17)24(26,27)28/h5-8,10-13,18H,3-4,9H2,1-2H3. The number of benzene rings is 1. The van der Waals surface area contributed by atoms with E-state index in [2.05, 4.69) is 25.0 Å². The van der Waals surface area contributed by atoms with E-state index in [1.165, 1.54) is 13.2 Å². The molecule has 1 aliphatic heterocycles. The van der Waals surface area contributed by atoms with Crippen LogP contribution in [0.15, 0.2) is 36.9 Å². The minimum absolute atomic E-state index is 0.00582. The van der Waals surface area contributed by atoms with E-state index in [0.29, 0.717) is 54.5 Å². The minimum atomic E-state index is -4.68. The van der Waals surface area contributed by atoms with Gasteiger partial charge in [-0.15, -0.1) is 0 Å². The zero-order valence-corrected chi connectivity index (χ0v) is 19.4. The van der Waals surface area contributed by atoms with Gasteiger partial charge in [0.15, 0.2) is 5.82 Å². The number of halogens is 4. The number of aryl methyl sites for hydroxylation is 2. The van der Waals surface area contributed by atoms with E-state index in [4.69, 9.17) is 4.74 Å². The average Bonchev–Trinajstić information content (AvgIpc) is 3.47. The summed E-state index contributed by atoms with van der Waals surface area (Å²) in [5.41, 5.74) is 0.305. The Kier molecular flexibility index (Phi) is 6.02. The summed E-state index contributed by atoms with van der Waals surface area (Å²) in [5, 5.41) is 4.43. The van der Waals surface area contributed by atoms with E-state index in [-0.39, 0.29) is 5.56 Å². The first-order chi connectivity index (χ1) is 17.2. The maximum Gasteiger partial charge on any atom is 0.416 e. The Bertz CT molecular complexity index is 1440. The van der Waals surface area contributed by atoms with Crippen LogP contribution in [-0.4, -0.2) is 41.4 Å². The zero-order valence-electron chi connectivity index (χ0n) is 19.4. The number of imidazole rings is 1. The van der Waals surface area contributed by atoms with Crippen molar-refractivity contribution >= 4 is 12.2 Å². The average molecular weight is 499 g/mol. The van der Waals surface area contributed by atoms with E-state index in [9.17, 15) is 17.6 Å². The largest absolute Gasteiger partial charge is 0.478 e. The van der Waals surface area contributed by atoms with Gasteiger partial charge in [-0.2, -0.15) is 18.3 Å². The first-order valence-corrected chi connectivity index (χ1v) is 11.1. The molecule has 8 nitrogen and oxygen atoms in total. The third kappa shape index (κ3) is 4.58. The highest BCUT2D eigenvalue weighted by atomic mass is 19.4. The summed E-state index contributed by atoms with van der Waals surface area (Å²) in [7, 11) is 1.49. The molecule has 1 aromatic carbocycles. The molecule has 0 radical (unpaired) electrons. The lowest BCUT2D eigenvalue weighted by Crippen LogP contribution is -2.21. The number of hydrogen-bond acceptors (Lipinski definition) is 6. The van der Waals surface area contributed by atoms with E-state index >= 15 is 0 Å². The molecule has 0 saturated carbocycles. The van der Waals surface area contributed by atoms with Crippen LogP contribution in [0.5, 0.6) is 5.88 Å². The lowest BCUT2D eigenvalue weighted by molar-refractivity contribution is -0.138. The first kappa shape index (κ1) is 23.6. The van der Waals surface area contributed by atoms with Crippen LogP contribution in [0.1, 0.15) is 52.9 Å². The highest BCUT2D eigenvalue weighted by Crippen LogP contribution is 2.40. The second-order valence-corrected chi connectivity index (χ2v) is 8.36. The monoisotopic (exact) mass is 499 g/mol. The zero-order chi connectivity index (χ0) is 25.4. The number of hydrogen-bond donors (Lipinski definition) is 0. The SMILES string of the molecule is COc1nc(C=Cc2nc3n(n2)CCCC3c2ccc(F)cc2C(F)(F)F)cnc1-n1cnc(C)c1. The predicted molar refractivity (Wildman–Crippen MR) is 122 cm³/mol. The molecular weight excluding hydrogens is 478 g/mol. The Labute approximate surface area is 203 Å². The van der Waals surface area contributed by atoms with Gasteiger partial charge in [0.2, 0.25) is 5.82 Å². The van der Waals surface area contributed by atoms with Crippen LogP contribution >= 0.6 is 0 Å². The third-order valence-electron chi connectivity index (χ3n) is 5.88. The number of fused-ring (bicyclic) bond motifs is 1. The molecule has 36 heavy (non-hydrogen) atoms. The first-order valence-electron chi connectivity index (χ1n) is 11.1. The molecule has 1 aliphatic rings. The Morgan fingerprint density at radius 1 is 1.14 bits per heavy atom. The van der Waals surface area contributed by atoms with Crippen LogP contribution in [0, 0.1) is 12.7 Å². The number of nitrogens with zero attached hydrogens (tertiary/aromatic N) is 7. The van der Waals surface area contributed by atoms with Crippen LogP contribution < -0.4 is 4.74 Å². The van der Waals surface area contributed by atoms with Gasteiger partial charge in [0, 0.05) is 18.7 Å². The molecule has 0 N–H and O–H groups in total. The van der Waals surface area contributed by atoms with Gasteiger partial charge in [-0.1, -0.05) is 6.07 Å². The minimum Gasteiger partial charge on any atom is -0.478 e. The quantitative estimate of drug-likeness (QED) is 0.366. The lowest BCUT2D eigenvalue weighted by atomic mass is 9.87. The summed E-state index contributed by atoms with van der Waals surface area (Å²) in [6, 6.07) is 2.77. The highest BCUT2D eigenvalue weighted by molar-refractivity contribution is 5.64. The number of aromatic nitrogens is 7. The topological polar surface area (TPSA) is 83.5 Å². The van der Waals surface area contributed by atoms with E-state index < -0.39 is 23.5 Å². The summed E-state index contributed by atoms with van der Waals surface area (Å²) < 4.78 is 63.2. The molecule has 0 saturated heterocycles. The fourth-order valence-electron chi connectivity index (χ4n) is 4.28. The Balaban J connectivity index is 1.44. The maximum absolute atomic E-state index is 13.6. The van der Waals surface area contributed by atoms with Gasteiger partial charge >= 0.3 is 6.18 Å². The van der Waals surface area contributed by atoms with Crippen molar-refractivity contribution in [3.8, 4) is 11.7 Å². The third-order valence-corrected chi connectivity index (χ3v) is 5.88. The van der Waals surface area contributed by atoms with Crippen molar-refractivity contribution < 1.29 is 22.3 Å². The van der Waals surface area contributed by atoms with Crippen molar-refractivity contribution in [3.05, 3.63) is 76.9 Å². The summed E-state index contributed by atoms with van der Waals surface area (Å²) in [6.45, 7) is 2.39. The van der Waals surface area contributed by atoms with Crippen molar-refractivity contribution in [2.75, 3.05) is 7.11 Å². The molecule has 12 heteroatoms. The van der Waals surface area contributed by atoms with E-state index in [1.807, 2.05) is 6.92 Å². The normalized spacial score (nSPS) is 15.9. The molecule has 0 fully saturated rings. The van der Waals surface area contributed by atoms with Crippen LogP contribution in [0.2, 0.25) is 0 Å². The second kappa shape index (κ2) is 9.17. The molecule has 0 aliphatic carbocycles. The van der Waals surface area contributed by atoms with Gasteiger partial charge in [0.1, 0.15) is 18.0 Å². The predicted octanol–water partition coefficient (Wildman–Crippen LogP) is 4.82. The molecule has 0 amide bonds. The summed E-state index contributed by atoms with van der Waals surface area (Å²) in [5.74, 6) is -0.0765. The summed E-state index contributed by atoms with van der Waals surface area (Å²) >= 11 is 0. The molecular formula is C24H21F4N7O. The van der Waals surface area contributed by atoms with Gasteiger partial charge < -0.3 is 4.74 Å². The second-order valence-electron chi connectivity index (χ2n) is 8.36. The number of methoxy groups -OCH3 is 1. The van der Waals surface area contributed by atoms with Crippen LogP contribution in [-0.2, 0) is 12.7 Å². The van der Waals surface area contributed by atoms with E-state index in [0.717, 1.165) is 11.8 Å². The molecule has 0 spiro atoms. The Morgan fingerprint density at radius 3 is 2.69 bits per heavy atom. The van der Waals surface area contributed by atoms with Gasteiger partial charge in [-0.3, -0.25) is 4.57 Å². The van der Waals surface area contributed by atoms with E-state index in [1.54, 1.807) is 40.1 Å². The number of ether oxygens (including phenoxy) is 1. The molecule has 4 aromatic rings. The van der Waals surface area contributed by atoms with Crippen LogP contribution in [0.4, 0.5) is 17.6 Å². The Hall–Kier alpha value is -4.09.